The van der Waals surface area contributed by atoms with Gasteiger partial charge in [-0.1, -0.05) is 75.4 Å². The maximum atomic E-state index is 10.2. The van der Waals surface area contributed by atoms with Crippen molar-refractivity contribution in [2.75, 3.05) is 6.61 Å². The van der Waals surface area contributed by atoms with Crippen molar-refractivity contribution in [3.05, 3.63) is 92.6 Å². The van der Waals surface area contributed by atoms with Crippen LogP contribution < -0.4 is 0 Å². The molecule has 0 bridgehead atoms. The zero-order valence-corrected chi connectivity index (χ0v) is 15.1. The second-order valence-electron chi connectivity index (χ2n) is 4.16. The fourth-order valence-corrected chi connectivity index (χ4v) is 0.789. The van der Waals surface area contributed by atoms with Crippen LogP contribution in [0.1, 0.15) is 12.5 Å². The van der Waals surface area contributed by atoms with E-state index < -0.39 is 11.9 Å². The Morgan fingerprint density at radius 1 is 1.19 bits per heavy atom. The first-order valence-electron chi connectivity index (χ1n) is 7.27. The number of rotatable bonds is 5. The standard InChI is InChI=1S/C8H8.C6H8O2.C4H6O2.C3H3N/c1-2-8-6-4-3-5-7-8;1-3-5-8-6(7)4-2;1-3(2)4(5)6;1-2-3-4/h2-7H,1H2;3-4H,1-2,5H2;1H2,2H3,(H,5,6);2H,1H2. The van der Waals surface area contributed by atoms with Crippen molar-refractivity contribution in [3.8, 4) is 6.07 Å². The van der Waals surface area contributed by atoms with Crippen LogP contribution in [0, 0.1) is 11.3 Å². The Kier molecular flexibility index (Phi) is 22.3. The van der Waals surface area contributed by atoms with Crippen molar-refractivity contribution in [1.82, 2.24) is 0 Å². The van der Waals surface area contributed by atoms with Gasteiger partial charge in [0, 0.05) is 17.7 Å². The van der Waals surface area contributed by atoms with E-state index in [-0.39, 0.29) is 12.2 Å². The molecule has 138 valence electrons. The summed E-state index contributed by atoms with van der Waals surface area (Å²) in [5.74, 6) is -1.35. The van der Waals surface area contributed by atoms with Crippen LogP contribution >= 0.6 is 0 Å². The number of nitrogens with zero attached hydrogens (tertiary/aromatic N) is 1. The number of benzene rings is 1. The van der Waals surface area contributed by atoms with E-state index in [4.69, 9.17) is 10.4 Å². The Bertz CT molecular complexity index is 613. The number of carboxylic acid groups (broad SMARTS) is 1. The lowest BCUT2D eigenvalue weighted by atomic mass is 10.2. The Morgan fingerprint density at radius 3 is 1.88 bits per heavy atom. The summed E-state index contributed by atoms with van der Waals surface area (Å²) in [6.45, 7) is 18.2. The highest BCUT2D eigenvalue weighted by atomic mass is 16.5. The van der Waals surface area contributed by atoms with Gasteiger partial charge in [-0.05, 0) is 12.5 Å². The molecule has 0 fully saturated rings. The normalized spacial score (nSPS) is 7.23. The van der Waals surface area contributed by atoms with Crippen LogP contribution in [0.4, 0.5) is 0 Å². The molecule has 0 aromatic heterocycles. The lowest BCUT2D eigenvalue weighted by Crippen LogP contribution is -1.98. The Balaban J connectivity index is -0.000000281. The molecule has 0 unspecified atom stereocenters. The first kappa shape index (κ1) is 27.2. The molecule has 1 N–H and O–H groups in total. The highest BCUT2D eigenvalue weighted by Gasteiger charge is 1.90. The van der Waals surface area contributed by atoms with Crippen molar-refractivity contribution in [2.45, 2.75) is 6.92 Å². The topological polar surface area (TPSA) is 87.4 Å². The number of hydrogen-bond donors (Lipinski definition) is 1. The van der Waals surface area contributed by atoms with E-state index in [1.54, 1.807) is 6.07 Å². The molecular weight excluding hydrogens is 330 g/mol. The van der Waals surface area contributed by atoms with Gasteiger partial charge in [0.1, 0.15) is 6.61 Å². The molecule has 0 radical (unpaired) electrons. The third kappa shape index (κ3) is 25.3. The van der Waals surface area contributed by atoms with E-state index in [2.05, 4.69) is 37.6 Å². The monoisotopic (exact) mass is 355 g/mol. The average Bonchev–Trinajstić information content (AvgIpc) is 2.67. The molecule has 0 heterocycles. The fourth-order valence-electron chi connectivity index (χ4n) is 0.789. The number of nitriles is 1. The molecule has 5 nitrogen and oxygen atoms in total. The summed E-state index contributed by atoms with van der Waals surface area (Å²) < 4.78 is 4.47. The van der Waals surface area contributed by atoms with Crippen molar-refractivity contribution < 1.29 is 19.4 Å². The summed E-state index contributed by atoms with van der Waals surface area (Å²) in [5.41, 5.74) is 1.35. The predicted molar refractivity (Wildman–Crippen MR) is 106 cm³/mol. The predicted octanol–water partition coefficient (Wildman–Crippen LogP) is 4.57. The summed E-state index contributed by atoms with van der Waals surface area (Å²) in [4.78, 5) is 19.8. The highest BCUT2D eigenvalue weighted by molar-refractivity contribution is 5.84. The van der Waals surface area contributed by atoms with E-state index in [1.807, 2.05) is 36.4 Å². The van der Waals surface area contributed by atoms with E-state index in [0.717, 1.165) is 6.08 Å². The quantitative estimate of drug-likeness (QED) is 0.362. The van der Waals surface area contributed by atoms with Crippen molar-refractivity contribution >= 4 is 18.0 Å². The SMILES string of the molecule is C=C(C)C(=O)O.C=CC#N.C=CCOC(=O)C=C.C=Cc1ccccc1. The first-order chi connectivity index (χ1) is 12.3. The maximum Gasteiger partial charge on any atom is 0.330 e. The molecule has 1 aromatic carbocycles. The molecular formula is C21H25NO4. The third-order valence-corrected chi connectivity index (χ3v) is 2.00. The summed E-state index contributed by atoms with van der Waals surface area (Å²) >= 11 is 0. The molecule has 0 saturated carbocycles. The van der Waals surface area contributed by atoms with Gasteiger partial charge in [-0.15, -0.1) is 0 Å². The number of carbonyl (C=O) groups excluding carboxylic acids is 1. The van der Waals surface area contributed by atoms with E-state index in [9.17, 15) is 9.59 Å². The van der Waals surface area contributed by atoms with Crippen LogP contribution in [0.5, 0.6) is 0 Å². The van der Waals surface area contributed by atoms with Crippen LogP contribution in [0.15, 0.2) is 87.0 Å². The van der Waals surface area contributed by atoms with Gasteiger partial charge in [-0.25, -0.2) is 9.59 Å². The van der Waals surface area contributed by atoms with Crippen molar-refractivity contribution in [2.24, 2.45) is 0 Å². The molecule has 0 saturated heterocycles. The van der Waals surface area contributed by atoms with Gasteiger partial charge in [0.15, 0.2) is 0 Å². The molecule has 0 aliphatic carbocycles. The second kappa shape index (κ2) is 21.4. The third-order valence-electron chi connectivity index (χ3n) is 2.00. The summed E-state index contributed by atoms with van der Waals surface area (Å²) in [5, 5.41) is 15.4. The second-order valence-corrected chi connectivity index (χ2v) is 4.16. The number of esters is 1. The fraction of sp³-hybridized carbons (Fsp3) is 0.0952. The van der Waals surface area contributed by atoms with Gasteiger partial charge < -0.3 is 9.84 Å². The summed E-state index contributed by atoms with van der Waals surface area (Å²) in [6.07, 6.45) is 5.63. The van der Waals surface area contributed by atoms with E-state index in [1.165, 1.54) is 24.6 Å². The number of ether oxygens (including phenoxy) is 1. The Hall–Kier alpha value is -3.65. The van der Waals surface area contributed by atoms with Crippen LogP contribution in [-0.4, -0.2) is 23.7 Å². The summed E-state index contributed by atoms with van der Waals surface area (Å²) in [7, 11) is 0. The molecule has 0 spiro atoms. The molecule has 5 heteroatoms. The largest absolute Gasteiger partial charge is 0.478 e. The van der Waals surface area contributed by atoms with Gasteiger partial charge in [0.05, 0.1) is 6.07 Å². The zero-order valence-electron chi connectivity index (χ0n) is 15.1. The minimum absolute atomic E-state index is 0.176. The molecule has 1 aromatic rings. The van der Waals surface area contributed by atoms with Gasteiger partial charge in [0.25, 0.3) is 0 Å². The number of carboxylic acids is 1. The smallest absolute Gasteiger partial charge is 0.330 e. The Labute approximate surface area is 155 Å². The number of carbonyl (C=O) groups is 2. The van der Waals surface area contributed by atoms with Gasteiger partial charge >= 0.3 is 11.9 Å². The van der Waals surface area contributed by atoms with Crippen LogP contribution in [0.3, 0.4) is 0 Å². The van der Waals surface area contributed by atoms with Gasteiger partial charge in [0.2, 0.25) is 0 Å². The summed E-state index contributed by atoms with van der Waals surface area (Å²) in [6, 6.07) is 11.7. The van der Waals surface area contributed by atoms with Gasteiger partial charge in [-0.3, -0.25) is 0 Å². The van der Waals surface area contributed by atoms with Crippen LogP contribution in [-0.2, 0) is 14.3 Å². The molecule has 0 aliphatic heterocycles. The molecule has 26 heavy (non-hydrogen) atoms. The lowest BCUT2D eigenvalue weighted by molar-refractivity contribution is -0.136. The lowest BCUT2D eigenvalue weighted by Gasteiger charge is -1.92. The first-order valence-corrected chi connectivity index (χ1v) is 7.27. The molecule has 1 rings (SSSR count). The van der Waals surface area contributed by atoms with Gasteiger partial charge in [-0.2, -0.15) is 5.26 Å². The molecule has 0 aliphatic rings. The highest BCUT2D eigenvalue weighted by Crippen LogP contribution is 1.97. The number of hydrogen-bond acceptors (Lipinski definition) is 4. The van der Waals surface area contributed by atoms with Crippen LogP contribution in [0.25, 0.3) is 6.08 Å². The minimum Gasteiger partial charge on any atom is -0.478 e. The van der Waals surface area contributed by atoms with Crippen LogP contribution in [0.2, 0.25) is 0 Å². The van der Waals surface area contributed by atoms with Crippen molar-refractivity contribution in [3.63, 3.8) is 0 Å². The van der Waals surface area contributed by atoms with Crippen molar-refractivity contribution in [1.29, 1.82) is 5.26 Å². The maximum absolute atomic E-state index is 10.2. The molecule has 0 atom stereocenters. The minimum atomic E-state index is -0.935. The Morgan fingerprint density at radius 2 is 1.65 bits per heavy atom. The van der Waals surface area contributed by atoms with E-state index >= 15 is 0 Å². The zero-order chi connectivity index (χ0) is 20.8. The number of allylic oxidation sites excluding steroid dienone is 1. The average molecular weight is 355 g/mol. The van der Waals surface area contributed by atoms with E-state index in [0.29, 0.717) is 0 Å². The molecule has 0 amide bonds. The number of aliphatic carboxylic acids is 1.